The van der Waals surface area contributed by atoms with Crippen LogP contribution < -0.4 is 5.32 Å². The molecule has 0 atom stereocenters. The van der Waals surface area contributed by atoms with Crippen LogP contribution in [0.3, 0.4) is 0 Å². The molecule has 0 aromatic heterocycles. The number of carbonyl (C=O) groups is 1. The van der Waals surface area contributed by atoms with Crippen LogP contribution in [0.25, 0.3) is 0 Å². The Morgan fingerprint density at radius 1 is 1.19 bits per heavy atom. The SMILES string of the molecule is CN(C)C(=O)c1ccc2c(c1)CCNCC2. The van der Waals surface area contributed by atoms with Gasteiger partial charge in [0.15, 0.2) is 0 Å². The van der Waals surface area contributed by atoms with Gasteiger partial charge < -0.3 is 10.2 Å². The summed E-state index contributed by atoms with van der Waals surface area (Å²) in [6.07, 6.45) is 2.08. The number of nitrogens with zero attached hydrogens (tertiary/aromatic N) is 1. The molecule has 0 radical (unpaired) electrons. The van der Waals surface area contributed by atoms with Crippen LogP contribution in [0.2, 0.25) is 0 Å². The van der Waals surface area contributed by atoms with Crippen LogP contribution in [0.5, 0.6) is 0 Å². The first-order valence-electron chi connectivity index (χ1n) is 5.72. The largest absolute Gasteiger partial charge is 0.345 e. The molecule has 16 heavy (non-hydrogen) atoms. The molecular weight excluding hydrogens is 200 g/mol. The molecule has 0 saturated heterocycles. The summed E-state index contributed by atoms with van der Waals surface area (Å²) in [7, 11) is 3.57. The molecule has 0 fully saturated rings. The number of amides is 1. The standard InChI is InChI=1S/C13H18N2O/c1-15(2)13(16)12-4-3-10-5-7-14-8-6-11(10)9-12/h3-4,9,14H,5-8H2,1-2H3. The summed E-state index contributed by atoms with van der Waals surface area (Å²) in [4.78, 5) is 13.4. The van der Waals surface area contributed by atoms with E-state index >= 15 is 0 Å². The third-order valence-electron chi connectivity index (χ3n) is 3.00. The number of hydrogen-bond donors (Lipinski definition) is 1. The van der Waals surface area contributed by atoms with Crippen molar-refractivity contribution in [2.24, 2.45) is 0 Å². The van der Waals surface area contributed by atoms with Gasteiger partial charge in [-0.1, -0.05) is 6.07 Å². The number of hydrogen-bond acceptors (Lipinski definition) is 2. The van der Waals surface area contributed by atoms with E-state index in [9.17, 15) is 4.79 Å². The fourth-order valence-corrected chi connectivity index (χ4v) is 2.06. The second-order valence-electron chi connectivity index (χ2n) is 4.43. The van der Waals surface area contributed by atoms with E-state index in [1.165, 1.54) is 11.1 Å². The smallest absolute Gasteiger partial charge is 0.253 e. The zero-order valence-electron chi connectivity index (χ0n) is 9.92. The van der Waals surface area contributed by atoms with Crippen LogP contribution in [0.4, 0.5) is 0 Å². The molecule has 0 unspecified atom stereocenters. The molecule has 1 aromatic rings. The van der Waals surface area contributed by atoms with Crippen molar-refractivity contribution >= 4 is 5.91 Å². The highest BCUT2D eigenvalue weighted by Gasteiger charge is 2.12. The van der Waals surface area contributed by atoms with Gasteiger partial charge in [-0.15, -0.1) is 0 Å². The zero-order chi connectivity index (χ0) is 11.5. The Bertz CT molecular complexity index is 399. The van der Waals surface area contributed by atoms with E-state index in [1.807, 2.05) is 12.1 Å². The molecule has 0 aliphatic carbocycles. The van der Waals surface area contributed by atoms with Crippen molar-refractivity contribution in [1.29, 1.82) is 0 Å². The second-order valence-corrected chi connectivity index (χ2v) is 4.43. The number of fused-ring (bicyclic) bond motifs is 1. The van der Waals surface area contributed by atoms with Crippen molar-refractivity contribution in [3.05, 3.63) is 34.9 Å². The van der Waals surface area contributed by atoms with E-state index in [0.29, 0.717) is 0 Å². The fraction of sp³-hybridized carbons (Fsp3) is 0.462. The summed E-state index contributed by atoms with van der Waals surface area (Å²) in [6.45, 7) is 2.04. The lowest BCUT2D eigenvalue weighted by Crippen LogP contribution is -2.21. The molecule has 0 spiro atoms. The van der Waals surface area contributed by atoms with E-state index in [2.05, 4.69) is 11.4 Å². The first kappa shape index (κ1) is 11.1. The second kappa shape index (κ2) is 4.66. The minimum absolute atomic E-state index is 0.0833. The minimum atomic E-state index is 0.0833. The molecule has 3 heteroatoms. The molecule has 0 bridgehead atoms. The van der Waals surface area contributed by atoms with Crippen molar-refractivity contribution in [3.8, 4) is 0 Å². The summed E-state index contributed by atoms with van der Waals surface area (Å²) >= 11 is 0. The molecule has 1 amide bonds. The van der Waals surface area contributed by atoms with Gasteiger partial charge in [0, 0.05) is 19.7 Å². The van der Waals surface area contributed by atoms with E-state index < -0.39 is 0 Å². The Labute approximate surface area is 96.5 Å². The molecule has 1 aliphatic heterocycles. The Morgan fingerprint density at radius 2 is 1.88 bits per heavy atom. The van der Waals surface area contributed by atoms with Gasteiger partial charge in [-0.25, -0.2) is 0 Å². The minimum Gasteiger partial charge on any atom is -0.345 e. The lowest BCUT2D eigenvalue weighted by Gasteiger charge is -2.12. The topological polar surface area (TPSA) is 32.3 Å². The number of carbonyl (C=O) groups excluding carboxylic acids is 1. The first-order chi connectivity index (χ1) is 7.68. The van der Waals surface area contributed by atoms with Gasteiger partial charge in [-0.2, -0.15) is 0 Å². The van der Waals surface area contributed by atoms with E-state index in [0.717, 1.165) is 31.5 Å². The fourth-order valence-electron chi connectivity index (χ4n) is 2.06. The highest BCUT2D eigenvalue weighted by atomic mass is 16.2. The van der Waals surface area contributed by atoms with Crippen LogP contribution >= 0.6 is 0 Å². The van der Waals surface area contributed by atoms with Gasteiger partial charge in [-0.3, -0.25) is 4.79 Å². The van der Waals surface area contributed by atoms with Crippen molar-refractivity contribution in [1.82, 2.24) is 10.2 Å². The van der Waals surface area contributed by atoms with Crippen LogP contribution in [-0.2, 0) is 12.8 Å². The maximum absolute atomic E-state index is 11.8. The molecule has 86 valence electrons. The highest BCUT2D eigenvalue weighted by molar-refractivity contribution is 5.94. The van der Waals surface area contributed by atoms with Gasteiger partial charge in [0.1, 0.15) is 0 Å². The normalized spacial score (nSPS) is 15.1. The molecular formula is C13H18N2O. The van der Waals surface area contributed by atoms with Crippen LogP contribution in [0.1, 0.15) is 21.5 Å². The summed E-state index contributed by atoms with van der Waals surface area (Å²) < 4.78 is 0. The summed E-state index contributed by atoms with van der Waals surface area (Å²) in [5, 5.41) is 3.37. The van der Waals surface area contributed by atoms with Gasteiger partial charge in [-0.05, 0) is 49.2 Å². The Balaban J connectivity index is 2.30. The molecule has 1 aliphatic rings. The average Bonchev–Trinajstić information content (AvgIpc) is 2.51. The first-order valence-corrected chi connectivity index (χ1v) is 5.72. The van der Waals surface area contributed by atoms with Gasteiger partial charge in [0.25, 0.3) is 5.91 Å². The van der Waals surface area contributed by atoms with Gasteiger partial charge >= 0.3 is 0 Å². The van der Waals surface area contributed by atoms with Crippen molar-refractivity contribution < 1.29 is 4.79 Å². The number of benzene rings is 1. The van der Waals surface area contributed by atoms with Crippen molar-refractivity contribution in [3.63, 3.8) is 0 Å². The third kappa shape index (κ3) is 2.25. The van der Waals surface area contributed by atoms with Crippen LogP contribution in [0, 0.1) is 0 Å². The van der Waals surface area contributed by atoms with Crippen molar-refractivity contribution in [2.45, 2.75) is 12.8 Å². The van der Waals surface area contributed by atoms with Gasteiger partial charge in [0.05, 0.1) is 0 Å². The molecule has 3 nitrogen and oxygen atoms in total. The van der Waals surface area contributed by atoms with Gasteiger partial charge in [0.2, 0.25) is 0 Å². The molecule has 1 N–H and O–H groups in total. The molecule has 1 heterocycles. The van der Waals surface area contributed by atoms with E-state index in [-0.39, 0.29) is 5.91 Å². The summed E-state index contributed by atoms with van der Waals surface area (Å²) in [5.74, 6) is 0.0833. The summed E-state index contributed by atoms with van der Waals surface area (Å²) in [6, 6.07) is 6.08. The van der Waals surface area contributed by atoms with Crippen LogP contribution in [0.15, 0.2) is 18.2 Å². The maximum atomic E-state index is 11.8. The quantitative estimate of drug-likeness (QED) is 0.765. The number of nitrogens with one attached hydrogen (secondary N) is 1. The Kier molecular flexibility index (Phi) is 3.25. The highest BCUT2D eigenvalue weighted by Crippen LogP contribution is 2.16. The Morgan fingerprint density at radius 3 is 2.56 bits per heavy atom. The molecule has 1 aromatic carbocycles. The predicted molar refractivity (Wildman–Crippen MR) is 64.7 cm³/mol. The Hall–Kier alpha value is -1.35. The monoisotopic (exact) mass is 218 g/mol. The molecule has 0 saturated carbocycles. The average molecular weight is 218 g/mol. The lowest BCUT2D eigenvalue weighted by molar-refractivity contribution is 0.0827. The third-order valence-corrected chi connectivity index (χ3v) is 3.00. The predicted octanol–water partition coefficient (Wildman–Crippen LogP) is 1.08. The summed E-state index contributed by atoms with van der Waals surface area (Å²) in [5.41, 5.74) is 3.49. The maximum Gasteiger partial charge on any atom is 0.253 e. The lowest BCUT2D eigenvalue weighted by atomic mass is 10.00. The van der Waals surface area contributed by atoms with E-state index in [1.54, 1.807) is 19.0 Å². The number of rotatable bonds is 1. The molecule has 2 rings (SSSR count). The van der Waals surface area contributed by atoms with Crippen LogP contribution in [-0.4, -0.2) is 38.0 Å². The van der Waals surface area contributed by atoms with Crippen molar-refractivity contribution in [2.75, 3.05) is 27.2 Å². The zero-order valence-corrected chi connectivity index (χ0v) is 9.92. The van der Waals surface area contributed by atoms with E-state index in [4.69, 9.17) is 0 Å².